The lowest BCUT2D eigenvalue weighted by Gasteiger charge is -2.10. The van der Waals surface area contributed by atoms with Crippen LogP contribution in [0.4, 0.5) is 0 Å². The molecular weight excluding hydrogens is 366 g/mol. The summed E-state index contributed by atoms with van der Waals surface area (Å²) in [6, 6.07) is 14.7. The van der Waals surface area contributed by atoms with Gasteiger partial charge in [0.25, 0.3) is 0 Å². The van der Waals surface area contributed by atoms with Gasteiger partial charge in [0.05, 0.1) is 4.90 Å². The summed E-state index contributed by atoms with van der Waals surface area (Å²) >= 11 is 5.03. The highest BCUT2D eigenvalue weighted by Crippen LogP contribution is 2.15. The van der Waals surface area contributed by atoms with Gasteiger partial charge in [0, 0.05) is 37.2 Å². The van der Waals surface area contributed by atoms with Gasteiger partial charge in [-0.1, -0.05) is 42.5 Å². The third-order valence-corrected chi connectivity index (χ3v) is 5.44. The molecule has 7 heteroatoms. The van der Waals surface area contributed by atoms with Crippen molar-refractivity contribution in [1.82, 2.24) is 9.55 Å². The molecule has 0 saturated carbocycles. The zero-order valence-electron chi connectivity index (χ0n) is 14.3. The first kappa shape index (κ1) is 18.3. The molecule has 0 aliphatic heterocycles. The summed E-state index contributed by atoms with van der Waals surface area (Å²) in [5.74, 6) is 0.901. The van der Waals surface area contributed by atoms with Crippen molar-refractivity contribution in [3.05, 3.63) is 83.4 Å². The molecule has 0 radical (unpaired) electrons. The van der Waals surface area contributed by atoms with Gasteiger partial charge in [0.15, 0.2) is 9.84 Å². The fraction of sp³-hybridized carbons (Fsp3) is 0.158. The third-order valence-electron chi connectivity index (χ3n) is 4.08. The first-order chi connectivity index (χ1) is 12.3. The molecule has 1 aromatic heterocycles. The predicted octanol–water partition coefficient (Wildman–Crippen LogP) is 2.56. The van der Waals surface area contributed by atoms with E-state index in [-0.39, 0.29) is 0 Å². The number of benzene rings is 2. The van der Waals surface area contributed by atoms with Crippen molar-refractivity contribution in [2.24, 2.45) is 5.73 Å². The van der Waals surface area contributed by atoms with Gasteiger partial charge in [-0.25, -0.2) is 13.4 Å². The van der Waals surface area contributed by atoms with Crippen LogP contribution >= 0.6 is 12.2 Å². The molecule has 0 bridgehead atoms. The van der Waals surface area contributed by atoms with Crippen LogP contribution in [0.25, 0.3) is 0 Å². The minimum absolute atomic E-state index is 0.319. The molecule has 0 saturated heterocycles. The SMILES string of the molecule is CS(=O)(=O)c1ccc(Cc2nccn2Cc2cccc(C(N)=S)c2)cc1. The molecule has 0 aliphatic rings. The normalized spacial score (nSPS) is 11.4. The maximum atomic E-state index is 11.6. The highest BCUT2D eigenvalue weighted by Gasteiger charge is 2.09. The lowest BCUT2D eigenvalue weighted by atomic mass is 10.1. The van der Waals surface area contributed by atoms with Crippen molar-refractivity contribution in [3.63, 3.8) is 0 Å². The van der Waals surface area contributed by atoms with Crippen LogP contribution in [0.15, 0.2) is 65.8 Å². The van der Waals surface area contributed by atoms with Crippen LogP contribution in [0.1, 0.15) is 22.5 Å². The molecule has 26 heavy (non-hydrogen) atoms. The fourth-order valence-electron chi connectivity index (χ4n) is 2.71. The average molecular weight is 386 g/mol. The van der Waals surface area contributed by atoms with Gasteiger partial charge in [-0.05, 0) is 29.3 Å². The molecule has 2 aromatic carbocycles. The Hall–Kier alpha value is -2.51. The molecule has 2 N–H and O–H groups in total. The van der Waals surface area contributed by atoms with E-state index in [1.807, 2.05) is 42.6 Å². The fourth-order valence-corrected chi connectivity index (χ4v) is 3.47. The number of sulfone groups is 1. The standard InChI is InChI=1S/C19H19N3O2S2/c1-26(23,24)17-7-5-14(6-8-17)12-18-21-9-10-22(18)13-15-3-2-4-16(11-15)19(20)25/h2-11H,12-13H2,1H3,(H2,20,25). The van der Waals surface area contributed by atoms with E-state index in [1.54, 1.807) is 18.3 Å². The maximum absolute atomic E-state index is 11.6. The Morgan fingerprint density at radius 3 is 2.54 bits per heavy atom. The van der Waals surface area contributed by atoms with Gasteiger partial charge in [0.2, 0.25) is 0 Å². The van der Waals surface area contributed by atoms with E-state index in [0.29, 0.717) is 22.8 Å². The summed E-state index contributed by atoms with van der Waals surface area (Å²) in [4.78, 5) is 5.13. The minimum atomic E-state index is -3.18. The van der Waals surface area contributed by atoms with Crippen LogP contribution in [0.3, 0.4) is 0 Å². The van der Waals surface area contributed by atoms with Crippen LogP contribution in [-0.4, -0.2) is 29.2 Å². The van der Waals surface area contributed by atoms with Crippen LogP contribution in [0, 0.1) is 0 Å². The second-order valence-electron chi connectivity index (χ2n) is 6.13. The summed E-state index contributed by atoms with van der Waals surface area (Å²) < 4.78 is 25.2. The van der Waals surface area contributed by atoms with Crippen molar-refractivity contribution in [3.8, 4) is 0 Å². The molecule has 3 rings (SSSR count). The van der Waals surface area contributed by atoms with Gasteiger partial charge in [-0.2, -0.15) is 0 Å². The Balaban J connectivity index is 1.79. The Morgan fingerprint density at radius 1 is 1.15 bits per heavy atom. The topological polar surface area (TPSA) is 78.0 Å². The number of nitrogens with two attached hydrogens (primary N) is 1. The Bertz CT molecular complexity index is 1040. The van der Waals surface area contributed by atoms with E-state index in [0.717, 1.165) is 22.5 Å². The molecule has 0 unspecified atom stereocenters. The monoisotopic (exact) mass is 385 g/mol. The van der Waals surface area contributed by atoms with Crippen molar-refractivity contribution >= 4 is 27.0 Å². The molecule has 0 amide bonds. The van der Waals surface area contributed by atoms with E-state index in [2.05, 4.69) is 9.55 Å². The van der Waals surface area contributed by atoms with Crippen LogP contribution in [0.2, 0.25) is 0 Å². The largest absolute Gasteiger partial charge is 0.389 e. The summed E-state index contributed by atoms with van der Waals surface area (Å²) in [6.45, 7) is 0.660. The van der Waals surface area contributed by atoms with Crippen molar-refractivity contribution < 1.29 is 8.42 Å². The van der Waals surface area contributed by atoms with Crippen LogP contribution in [0.5, 0.6) is 0 Å². The number of hydrogen-bond acceptors (Lipinski definition) is 4. The highest BCUT2D eigenvalue weighted by atomic mass is 32.2. The third kappa shape index (κ3) is 4.36. The Labute approximate surface area is 158 Å². The second kappa shape index (κ2) is 7.39. The number of thiocarbonyl (C=S) groups is 1. The number of hydrogen-bond donors (Lipinski definition) is 1. The highest BCUT2D eigenvalue weighted by molar-refractivity contribution is 7.90. The average Bonchev–Trinajstić information content (AvgIpc) is 3.01. The summed E-state index contributed by atoms with van der Waals surface area (Å²) in [6.07, 6.45) is 5.51. The number of imidazole rings is 1. The van der Waals surface area contributed by atoms with Gasteiger partial charge >= 0.3 is 0 Å². The minimum Gasteiger partial charge on any atom is -0.389 e. The van der Waals surface area contributed by atoms with Gasteiger partial charge in [-0.3, -0.25) is 0 Å². The predicted molar refractivity (Wildman–Crippen MR) is 106 cm³/mol. The quantitative estimate of drug-likeness (QED) is 0.660. The second-order valence-corrected chi connectivity index (χ2v) is 8.58. The molecule has 0 fully saturated rings. The summed E-state index contributed by atoms with van der Waals surface area (Å²) in [5, 5.41) is 0. The van der Waals surface area contributed by atoms with Crippen molar-refractivity contribution in [2.45, 2.75) is 17.9 Å². The van der Waals surface area contributed by atoms with Crippen molar-refractivity contribution in [2.75, 3.05) is 6.26 Å². The Morgan fingerprint density at radius 2 is 1.88 bits per heavy atom. The van der Waals surface area contributed by atoms with E-state index in [4.69, 9.17) is 18.0 Å². The molecular formula is C19H19N3O2S2. The molecule has 1 heterocycles. The molecule has 5 nitrogen and oxygen atoms in total. The van der Waals surface area contributed by atoms with Gasteiger partial charge < -0.3 is 10.3 Å². The molecule has 134 valence electrons. The summed E-state index contributed by atoms with van der Waals surface area (Å²) in [7, 11) is -3.18. The lowest BCUT2D eigenvalue weighted by Crippen LogP contribution is -2.10. The zero-order chi connectivity index (χ0) is 18.7. The van der Waals surface area contributed by atoms with E-state index in [1.165, 1.54) is 6.26 Å². The van der Waals surface area contributed by atoms with E-state index >= 15 is 0 Å². The molecule has 0 spiro atoms. The van der Waals surface area contributed by atoms with Crippen molar-refractivity contribution in [1.29, 1.82) is 0 Å². The number of rotatable bonds is 6. The van der Waals surface area contributed by atoms with Gasteiger partial charge in [-0.15, -0.1) is 0 Å². The van der Waals surface area contributed by atoms with Crippen LogP contribution in [-0.2, 0) is 22.8 Å². The van der Waals surface area contributed by atoms with E-state index in [9.17, 15) is 8.42 Å². The van der Waals surface area contributed by atoms with Gasteiger partial charge in [0.1, 0.15) is 10.8 Å². The first-order valence-electron chi connectivity index (χ1n) is 8.01. The maximum Gasteiger partial charge on any atom is 0.175 e. The summed E-state index contributed by atoms with van der Waals surface area (Å²) in [5.41, 5.74) is 8.63. The smallest absolute Gasteiger partial charge is 0.175 e. The number of aromatic nitrogens is 2. The van der Waals surface area contributed by atoms with E-state index < -0.39 is 9.84 Å². The van der Waals surface area contributed by atoms with Crippen LogP contribution < -0.4 is 5.73 Å². The zero-order valence-corrected chi connectivity index (χ0v) is 15.9. The molecule has 0 atom stereocenters. The number of nitrogens with zero attached hydrogens (tertiary/aromatic N) is 2. The first-order valence-corrected chi connectivity index (χ1v) is 10.3. The molecule has 0 aliphatic carbocycles. The lowest BCUT2D eigenvalue weighted by molar-refractivity contribution is 0.602. The Kier molecular flexibility index (Phi) is 5.20. The molecule has 3 aromatic rings.